The van der Waals surface area contributed by atoms with Crippen molar-refractivity contribution in [1.29, 1.82) is 0 Å². The van der Waals surface area contributed by atoms with Crippen LogP contribution in [-0.2, 0) is 21.4 Å². The van der Waals surface area contributed by atoms with Crippen LogP contribution < -0.4 is 10.2 Å². The number of sulfonamides is 1. The van der Waals surface area contributed by atoms with E-state index in [2.05, 4.69) is 16.8 Å². The van der Waals surface area contributed by atoms with Crippen molar-refractivity contribution >= 4 is 33.0 Å². The highest BCUT2D eigenvalue weighted by Gasteiger charge is 2.27. The average Bonchev–Trinajstić information content (AvgIpc) is 3.16. The van der Waals surface area contributed by atoms with E-state index >= 15 is 0 Å². The number of likely N-dealkylation sites (N-methyl/N-ethyl adjacent to an activating group) is 1. The summed E-state index contributed by atoms with van der Waals surface area (Å²) in [5.41, 5.74) is 2.43. The zero-order chi connectivity index (χ0) is 20.1. The highest BCUT2D eigenvalue weighted by atomic mass is 32.2. The molecular formula is C20H28N3O3S2+. The van der Waals surface area contributed by atoms with Gasteiger partial charge in [-0.05, 0) is 54.3 Å². The molecule has 1 aromatic heterocycles. The van der Waals surface area contributed by atoms with E-state index in [0.29, 0.717) is 30.9 Å². The molecule has 1 unspecified atom stereocenters. The predicted octanol–water partition coefficient (Wildman–Crippen LogP) is 1.88. The minimum absolute atomic E-state index is 0.127. The number of amides is 1. The number of carbonyl (C=O) groups is 1. The van der Waals surface area contributed by atoms with E-state index in [1.807, 2.05) is 12.4 Å². The monoisotopic (exact) mass is 422 g/mol. The number of carbonyl (C=O) groups excluding carboxylic acids is 1. The van der Waals surface area contributed by atoms with Gasteiger partial charge in [0, 0.05) is 24.3 Å². The second-order valence-corrected chi connectivity index (χ2v) is 10.1. The molecular weight excluding hydrogens is 394 g/mol. The zero-order valence-electron chi connectivity index (χ0n) is 16.4. The van der Waals surface area contributed by atoms with Crippen molar-refractivity contribution < 1.29 is 18.1 Å². The lowest BCUT2D eigenvalue weighted by molar-refractivity contribution is -0.885. The molecule has 1 aliphatic rings. The topological polar surface area (TPSA) is 70.9 Å². The van der Waals surface area contributed by atoms with Crippen LogP contribution in [0.15, 0.2) is 39.9 Å². The Morgan fingerprint density at radius 3 is 2.64 bits per heavy atom. The smallest absolute Gasteiger partial charge is 0.279 e. The molecule has 0 radical (unpaired) electrons. The Labute approximate surface area is 171 Å². The van der Waals surface area contributed by atoms with Gasteiger partial charge in [0.2, 0.25) is 10.0 Å². The third-order valence-electron chi connectivity index (χ3n) is 4.95. The lowest BCUT2D eigenvalue weighted by Gasteiger charge is -2.26. The van der Waals surface area contributed by atoms with E-state index < -0.39 is 10.0 Å². The van der Waals surface area contributed by atoms with Crippen LogP contribution in [0.2, 0.25) is 0 Å². The first-order valence-electron chi connectivity index (χ1n) is 9.59. The number of quaternary nitrogens is 1. The van der Waals surface area contributed by atoms with Crippen molar-refractivity contribution in [3.05, 3.63) is 46.2 Å². The average molecular weight is 423 g/mol. The molecule has 2 aromatic rings. The molecule has 28 heavy (non-hydrogen) atoms. The predicted molar refractivity (Wildman–Crippen MR) is 112 cm³/mol. The third-order valence-corrected chi connectivity index (χ3v) is 7.73. The Morgan fingerprint density at radius 1 is 1.21 bits per heavy atom. The number of nitrogens with zero attached hydrogens (tertiary/aromatic N) is 1. The quantitative estimate of drug-likeness (QED) is 0.716. The maximum atomic E-state index is 13.0. The summed E-state index contributed by atoms with van der Waals surface area (Å²) in [6.45, 7) is 4.02. The van der Waals surface area contributed by atoms with Gasteiger partial charge in [0.1, 0.15) is 6.54 Å². The molecule has 1 atom stereocenters. The van der Waals surface area contributed by atoms with Crippen molar-refractivity contribution in [1.82, 2.24) is 4.31 Å². The molecule has 0 bridgehead atoms. The summed E-state index contributed by atoms with van der Waals surface area (Å²) in [6.07, 6.45) is 2.87. The highest BCUT2D eigenvalue weighted by molar-refractivity contribution is 7.89. The van der Waals surface area contributed by atoms with Gasteiger partial charge in [0.05, 0.1) is 11.9 Å². The number of aryl methyl sites for hydroxylation is 1. The molecule has 1 saturated heterocycles. The van der Waals surface area contributed by atoms with E-state index in [0.717, 1.165) is 30.7 Å². The summed E-state index contributed by atoms with van der Waals surface area (Å²) in [4.78, 5) is 13.8. The SMILES string of the molecule is Cc1ccc(NC(=O)C[NH+](C)Cc2ccsc2)cc1S(=O)(=O)N1CCCCC1. The number of hydrogen-bond acceptors (Lipinski definition) is 4. The van der Waals surface area contributed by atoms with Crippen molar-refractivity contribution in [3.8, 4) is 0 Å². The maximum Gasteiger partial charge on any atom is 0.279 e. The van der Waals surface area contributed by atoms with Gasteiger partial charge >= 0.3 is 0 Å². The number of benzene rings is 1. The van der Waals surface area contributed by atoms with E-state index in [1.54, 1.807) is 40.8 Å². The van der Waals surface area contributed by atoms with Crippen LogP contribution in [0.25, 0.3) is 0 Å². The number of rotatable bonds is 7. The molecule has 6 nitrogen and oxygen atoms in total. The van der Waals surface area contributed by atoms with Gasteiger partial charge in [-0.3, -0.25) is 4.79 Å². The molecule has 0 aliphatic carbocycles. The Bertz CT molecular complexity index is 905. The largest absolute Gasteiger partial charge is 0.326 e. The van der Waals surface area contributed by atoms with Gasteiger partial charge < -0.3 is 10.2 Å². The van der Waals surface area contributed by atoms with Gasteiger partial charge in [-0.2, -0.15) is 15.6 Å². The molecule has 2 heterocycles. The normalized spacial score (nSPS) is 16.6. The second kappa shape index (κ2) is 9.17. The summed E-state index contributed by atoms with van der Waals surface area (Å²) in [6, 6.07) is 7.17. The maximum absolute atomic E-state index is 13.0. The molecule has 1 aromatic carbocycles. The van der Waals surface area contributed by atoms with Crippen molar-refractivity contribution in [3.63, 3.8) is 0 Å². The molecule has 3 rings (SSSR count). The van der Waals surface area contributed by atoms with Crippen LogP contribution in [0.3, 0.4) is 0 Å². The minimum Gasteiger partial charge on any atom is -0.326 e. The molecule has 0 saturated carbocycles. The molecule has 1 fully saturated rings. The first-order valence-corrected chi connectivity index (χ1v) is 12.0. The van der Waals surface area contributed by atoms with Gasteiger partial charge in [-0.1, -0.05) is 12.5 Å². The van der Waals surface area contributed by atoms with Crippen molar-refractivity contribution in [2.24, 2.45) is 0 Å². The van der Waals surface area contributed by atoms with Crippen LogP contribution in [0.1, 0.15) is 30.4 Å². The fourth-order valence-electron chi connectivity index (χ4n) is 3.48. The van der Waals surface area contributed by atoms with Gasteiger partial charge in [-0.15, -0.1) is 0 Å². The lowest BCUT2D eigenvalue weighted by Crippen LogP contribution is -3.08. The Hall–Kier alpha value is -1.74. The van der Waals surface area contributed by atoms with Crippen LogP contribution >= 0.6 is 11.3 Å². The second-order valence-electron chi connectivity index (χ2n) is 7.44. The summed E-state index contributed by atoms with van der Waals surface area (Å²) in [7, 11) is -1.56. The zero-order valence-corrected chi connectivity index (χ0v) is 18.0. The summed E-state index contributed by atoms with van der Waals surface area (Å²) in [5.74, 6) is -0.127. The molecule has 1 aliphatic heterocycles. The van der Waals surface area contributed by atoms with Crippen LogP contribution in [0.4, 0.5) is 5.69 Å². The number of nitrogens with one attached hydrogen (secondary N) is 2. The van der Waals surface area contributed by atoms with E-state index in [-0.39, 0.29) is 10.8 Å². The summed E-state index contributed by atoms with van der Waals surface area (Å²) < 4.78 is 27.6. The minimum atomic E-state index is -3.53. The fourth-order valence-corrected chi connectivity index (χ4v) is 5.92. The van der Waals surface area contributed by atoms with Crippen LogP contribution in [0.5, 0.6) is 0 Å². The lowest BCUT2D eigenvalue weighted by atomic mass is 10.2. The number of thiophene rings is 1. The number of anilines is 1. The Morgan fingerprint density at radius 2 is 1.96 bits per heavy atom. The molecule has 152 valence electrons. The first kappa shape index (κ1) is 21.0. The van der Waals surface area contributed by atoms with Crippen LogP contribution in [0, 0.1) is 6.92 Å². The summed E-state index contributed by atoms with van der Waals surface area (Å²) >= 11 is 1.65. The Kier molecular flexibility index (Phi) is 6.87. The number of hydrogen-bond donors (Lipinski definition) is 2. The van der Waals surface area contributed by atoms with Gasteiger partial charge in [-0.25, -0.2) is 8.42 Å². The molecule has 0 spiro atoms. The highest BCUT2D eigenvalue weighted by Crippen LogP contribution is 2.26. The standard InChI is InChI=1S/C20H27N3O3S2/c1-16-6-7-18(12-19(16)28(25,26)23-9-4-3-5-10-23)21-20(24)14-22(2)13-17-8-11-27-15-17/h6-8,11-12,15H,3-5,9-10,13-14H2,1-2H3,(H,21,24)/p+1. The first-order chi connectivity index (χ1) is 13.4. The number of piperidine rings is 1. The van der Waals surface area contributed by atoms with Gasteiger partial charge in [0.15, 0.2) is 6.54 Å². The van der Waals surface area contributed by atoms with E-state index in [4.69, 9.17) is 0 Å². The third kappa shape index (κ3) is 5.20. The van der Waals surface area contributed by atoms with Gasteiger partial charge in [0.25, 0.3) is 5.91 Å². The molecule has 8 heteroatoms. The summed E-state index contributed by atoms with van der Waals surface area (Å²) in [5, 5.41) is 6.96. The van der Waals surface area contributed by atoms with Crippen molar-refractivity contribution in [2.75, 3.05) is 32.0 Å². The molecule has 1 amide bonds. The van der Waals surface area contributed by atoms with Crippen molar-refractivity contribution in [2.45, 2.75) is 37.6 Å². The van der Waals surface area contributed by atoms with Crippen LogP contribution in [-0.4, -0.2) is 45.3 Å². The fraction of sp³-hybridized carbons (Fsp3) is 0.450. The Balaban J connectivity index is 1.67. The van der Waals surface area contributed by atoms with E-state index in [9.17, 15) is 13.2 Å². The molecule has 2 N–H and O–H groups in total. The van der Waals surface area contributed by atoms with E-state index in [1.165, 1.54) is 5.56 Å².